The molecule has 1 aromatic rings. The molecular weight excluding hydrogens is 252 g/mol. The Morgan fingerprint density at radius 1 is 1.44 bits per heavy atom. The van der Waals surface area contributed by atoms with Crippen molar-refractivity contribution in [3.8, 4) is 0 Å². The second-order valence-electron chi connectivity index (χ2n) is 3.99. The Labute approximate surface area is 110 Å². The second-order valence-corrected chi connectivity index (χ2v) is 4.94. The summed E-state index contributed by atoms with van der Waals surface area (Å²) in [6.45, 7) is 2.35. The standard InChI is InChI=1S/C12H18N2O3S/c1-9(15)8-14-11(16)5-2-6-13-12(17)10-4-3-7-18-10/h3-4,7,9,15H,2,5-6,8H2,1H3,(H,13,17)(H,14,16). The molecule has 18 heavy (non-hydrogen) atoms. The van der Waals surface area contributed by atoms with E-state index in [1.807, 2.05) is 11.4 Å². The first kappa shape index (κ1) is 14.7. The number of rotatable bonds is 7. The summed E-state index contributed by atoms with van der Waals surface area (Å²) in [5, 5.41) is 16.2. The van der Waals surface area contributed by atoms with Crippen LogP contribution in [0.2, 0.25) is 0 Å². The topological polar surface area (TPSA) is 78.4 Å². The van der Waals surface area contributed by atoms with Crippen molar-refractivity contribution in [2.24, 2.45) is 0 Å². The Kier molecular flexibility index (Phi) is 6.38. The molecule has 1 rings (SSSR count). The molecule has 0 spiro atoms. The molecule has 1 unspecified atom stereocenters. The fourth-order valence-electron chi connectivity index (χ4n) is 1.30. The highest BCUT2D eigenvalue weighted by Crippen LogP contribution is 2.07. The first-order chi connectivity index (χ1) is 8.59. The van der Waals surface area contributed by atoms with Crippen molar-refractivity contribution >= 4 is 23.2 Å². The number of thiophene rings is 1. The van der Waals surface area contributed by atoms with Crippen LogP contribution < -0.4 is 10.6 Å². The molecule has 3 N–H and O–H groups in total. The number of amides is 2. The molecule has 1 aromatic heterocycles. The number of hydrogen-bond acceptors (Lipinski definition) is 4. The van der Waals surface area contributed by atoms with E-state index in [0.29, 0.717) is 24.3 Å². The van der Waals surface area contributed by atoms with Crippen molar-refractivity contribution in [1.82, 2.24) is 10.6 Å². The fourth-order valence-corrected chi connectivity index (χ4v) is 1.94. The van der Waals surface area contributed by atoms with E-state index < -0.39 is 6.10 Å². The summed E-state index contributed by atoms with van der Waals surface area (Å²) >= 11 is 1.39. The first-order valence-electron chi connectivity index (χ1n) is 5.86. The maximum atomic E-state index is 11.5. The maximum absolute atomic E-state index is 11.5. The van der Waals surface area contributed by atoms with Gasteiger partial charge in [0.05, 0.1) is 11.0 Å². The van der Waals surface area contributed by atoms with Crippen LogP contribution in [0.1, 0.15) is 29.4 Å². The Bertz CT molecular complexity index is 377. The van der Waals surface area contributed by atoms with Gasteiger partial charge in [-0.3, -0.25) is 9.59 Å². The number of aliphatic hydroxyl groups is 1. The minimum atomic E-state index is -0.535. The molecule has 0 fully saturated rings. The Morgan fingerprint density at radius 2 is 2.22 bits per heavy atom. The molecular formula is C12H18N2O3S. The molecule has 0 bridgehead atoms. The van der Waals surface area contributed by atoms with Gasteiger partial charge in [-0.1, -0.05) is 6.07 Å². The third-order valence-corrected chi connectivity index (χ3v) is 3.07. The summed E-state index contributed by atoms with van der Waals surface area (Å²) in [6, 6.07) is 3.58. The smallest absolute Gasteiger partial charge is 0.261 e. The quantitative estimate of drug-likeness (QED) is 0.640. The predicted octanol–water partition coefficient (Wildman–Crippen LogP) is 0.755. The monoisotopic (exact) mass is 270 g/mol. The van der Waals surface area contributed by atoms with Gasteiger partial charge >= 0.3 is 0 Å². The highest BCUT2D eigenvalue weighted by atomic mass is 32.1. The van der Waals surface area contributed by atoms with Gasteiger partial charge in [0.1, 0.15) is 0 Å². The lowest BCUT2D eigenvalue weighted by Gasteiger charge is -2.07. The van der Waals surface area contributed by atoms with Crippen molar-refractivity contribution in [3.63, 3.8) is 0 Å². The van der Waals surface area contributed by atoms with Crippen LogP contribution >= 0.6 is 11.3 Å². The van der Waals surface area contributed by atoms with Gasteiger partial charge in [-0.15, -0.1) is 11.3 Å². The Balaban J connectivity index is 2.08. The molecule has 1 heterocycles. The summed E-state index contributed by atoms with van der Waals surface area (Å²) in [7, 11) is 0. The van der Waals surface area contributed by atoms with E-state index in [-0.39, 0.29) is 18.4 Å². The van der Waals surface area contributed by atoms with Crippen molar-refractivity contribution in [2.45, 2.75) is 25.9 Å². The highest BCUT2D eigenvalue weighted by Gasteiger charge is 2.06. The SMILES string of the molecule is CC(O)CNC(=O)CCCNC(=O)c1cccs1. The lowest BCUT2D eigenvalue weighted by molar-refractivity contribution is -0.121. The minimum absolute atomic E-state index is 0.102. The predicted molar refractivity (Wildman–Crippen MR) is 70.6 cm³/mol. The Hall–Kier alpha value is -1.40. The van der Waals surface area contributed by atoms with Gasteiger partial charge in [0.25, 0.3) is 5.91 Å². The largest absolute Gasteiger partial charge is 0.392 e. The molecule has 0 saturated heterocycles. The van der Waals surface area contributed by atoms with Gasteiger partial charge in [0, 0.05) is 19.5 Å². The molecule has 0 aromatic carbocycles. The van der Waals surface area contributed by atoms with Crippen molar-refractivity contribution in [2.75, 3.05) is 13.1 Å². The van der Waals surface area contributed by atoms with Gasteiger partial charge < -0.3 is 15.7 Å². The van der Waals surface area contributed by atoms with E-state index in [0.717, 1.165) is 0 Å². The minimum Gasteiger partial charge on any atom is -0.392 e. The van der Waals surface area contributed by atoms with Crippen LogP contribution in [0.25, 0.3) is 0 Å². The van der Waals surface area contributed by atoms with Crippen LogP contribution in [0.5, 0.6) is 0 Å². The van der Waals surface area contributed by atoms with Crippen LogP contribution in [-0.2, 0) is 4.79 Å². The van der Waals surface area contributed by atoms with Crippen molar-refractivity contribution in [3.05, 3.63) is 22.4 Å². The molecule has 6 heteroatoms. The molecule has 0 aliphatic carbocycles. The van der Waals surface area contributed by atoms with Crippen molar-refractivity contribution in [1.29, 1.82) is 0 Å². The van der Waals surface area contributed by atoms with Crippen LogP contribution in [0.3, 0.4) is 0 Å². The van der Waals surface area contributed by atoms with Crippen LogP contribution in [0.4, 0.5) is 0 Å². The molecule has 0 aliphatic rings. The number of nitrogens with one attached hydrogen (secondary N) is 2. The normalized spacial score (nSPS) is 11.9. The lowest BCUT2D eigenvalue weighted by atomic mass is 10.3. The molecule has 100 valence electrons. The molecule has 0 aliphatic heterocycles. The summed E-state index contributed by atoms with van der Waals surface area (Å²) in [5.41, 5.74) is 0. The third-order valence-electron chi connectivity index (χ3n) is 2.21. The van der Waals surface area contributed by atoms with Crippen LogP contribution in [0, 0.1) is 0 Å². The number of aliphatic hydroxyl groups excluding tert-OH is 1. The number of carbonyl (C=O) groups excluding carboxylic acids is 2. The van der Waals surface area contributed by atoms with E-state index in [2.05, 4.69) is 10.6 Å². The van der Waals surface area contributed by atoms with E-state index in [4.69, 9.17) is 5.11 Å². The number of carbonyl (C=O) groups is 2. The fraction of sp³-hybridized carbons (Fsp3) is 0.500. The van der Waals surface area contributed by atoms with Gasteiger partial charge in [-0.25, -0.2) is 0 Å². The zero-order chi connectivity index (χ0) is 13.4. The van der Waals surface area contributed by atoms with E-state index >= 15 is 0 Å². The van der Waals surface area contributed by atoms with Gasteiger partial charge in [0.15, 0.2) is 0 Å². The molecule has 0 radical (unpaired) electrons. The van der Waals surface area contributed by atoms with Crippen LogP contribution in [-0.4, -0.2) is 36.1 Å². The van der Waals surface area contributed by atoms with E-state index in [1.54, 1.807) is 13.0 Å². The summed E-state index contributed by atoms with van der Waals surface area (Å²) in [6.07, 6.45) is 0.396. The average molecular weight is 270 g/mol. The summed E-state index contributed by atoms with van der Waals surface area (Å²) in [5.74, 6) is -0.212. The average Bonchev–Trinajstić information content (AvgIpc) is 2.85. The van der Waals surface area contributed by atoms with Gasteiger partial charge in [-0.2, -0.15) is 0 Å². The molecule has 5 nitrogen and oxygen atoms in total. The lowest BCUT2D eigenvalue weighted by Crippen LogP contribution is -2.31. The van der Waals surface area contributed by atoms with E-state index in [1.165, 1.54) is 11.3 Å². The molecule has 1 atom stereocenters. The summed E-state index contributed by atoms with van der Waals surface area (Å²) < 4.78 is 0. The van der Waals surface area contributed by atoms with Crippen molar-refractivity contribution < 1.29 is 14.7 Å². The number of hydrogen-bond donors (Lipinski definition) is 3. The van der Waals surface area contributed by atoms with Gasteiger partial charge in [0.2, 0.25) is 5.91 Å². The van der Waals surface area contributed by atoms with E-state index in [9.17, 15) is 9.59 Å². The molecule has 2 amide bonds. The first-order valence-corrected chi connectivity index (χ1v) is 6.74. The zero-order valence-corrected chi connectivity index (χ0v) is 11.1. The molecule has 0 saturated carbocycles. The Morgan fingerprint density at radius 3 is 2.83 bits per heavy atom. The summed E-state index contributed by atoms with van der Waals surface area (Å²) in [4.78, 5) is 23.5. The maximum Gasteiger partial charge on any atom is 0.261 e. The zero-order valence-electron chi connectivity index (χ0n) is 10.3. The van der Waals surface area contributed by atoms with Crippen LogP contribution in [0.15, 0.2) is 17.5 Å². The highest BCUT2D eigenvalue weighted by molar-refractivity contribution is 7.12. The van der Waals surface area contributed by atoms with Gasteiger partial charge in [-0.05, 0) is 24.8 Å². The second kappa shape index (κ2) is 7.84. The third kappa shape index (κ3) is 5.79.